The van der Waals surface area contributed by atoms with Crippen LogP contribution in [0.1, 0.15) is 67.3 Å². The fourth-order valence-corrected chi connectivity index (χ4v) is 4.36. The molecule has 5 nitrogen and oxygen atoms in total. The van der Waals surface area contributed by atoms with Gasteiger partial charge in [-0.25, -0.2) is 4.39 Å². The number of halogens is 4. The Morgan fingerprint density at radius 1 is 1.10 bits per heavy atom. The van der Waals surface area contributed by atoms with Crippen molar-refractivity contribution in [1.82, 2.24) is 5.32 Å². The molecule has 0 bridgehead atoms. The van der Waals surface area contributed by atoms with Crippen molar-refractivity contribution >= 4 is 11.9 Å². The molecule has 0 heterocycles. The molecule has 0 saturated heterocycles. The fraction of sp³-hybridized carbons (Fsp3) is 0.400. The molecule has 9 heteroatoms. The van der Waals surface area contributed by atoms with Crippen LogP contribution in [0.4, 0.5) is 17.6 Å². The van der Waals surface area contributed by atoms with Crippen LogP contribution in [0.5, 0.6) is 0 Å². The van der Waals surface area contributed by atoms with Crippen molar-refractivity contribution in [3.63, 3.8) is 0 Å². The zero-order valence-corrected chi connectivity index (χ0v) is 22.2. The Balaban J connectivity index is 2.69. The van der Waals surface area contributed by atoms with Crippen LogP contribution in [0.25, 0.3) is 11.1 Å². The van der Waals surface area contributed by atoms with Gasteiger partial charge in [-0.3, -0.25) is 9.59 Å². The molecule has 1 amide bonds. The topological polar surface area (TPSA) is 75.6 Å². The standard InChI is InChI=1S/C30H35F4NO4/c1-5-8-9-10-12-20-17-24(31)13-19(4)28(20)22-14-21(15-23(16-22)30(32,33)34)25(18-27(37)39-7-3)35-29(38)26(36)11-6-2/h5-6,13-17,25-26,36H,1-2,7-12,18H2,3-4H3,(H,35,38)/t25-,26+/m0/s1. The highest BCUT2D eigenvalue weighted by Gasteiger charge is 2.33. The van der Waals surface area contributed by atoms with E-state index in [1.807, 2.05) is 0 Å². The monoisotopic (exact) mass is 549 g/mol. The lowest BCUT2D eigenvalue weighted by Gasteiger charge is -2.23. The molecular formula is C30H35F4NO4. The molecule has 2 rings (SSSR count). The van der Waals surface area contributed by atoms with Gasteiger partial charge in [-0.15, -0.1) is 13.2 Å². The molecule has 0 saturated carbocycles. The third-order valence-electron chi connectivity index (χ3n) is 6.15. The SMILES string of the molecule is C=CCCCCc1cc(F)cc(C)c1-c1cc([C@H](CC(=O)OCC)NC(=O)[C@H](O)CC=C)cc(C(F)(F)F)c1. The summed E-state index contributed by atoms with van der Waals surface area (Å²) in [5.41, 5.74) is 0.626. The predicted octanol–water partition coefficient (Wildman–Crippen LogP) is 6.77. The van der Waals surface area contributed by atoms with Crippen molar-refractivity contribution in [1.29, 1.82) is 0 Å². The maximum atomic E-state index is 14.3. The molecule has 2 aromatic rings. The Bertz CT molecular complexity index is 1180. The molecule has 0 aliphatic carbocycles. The highest BCUT2D eigenvalue weighted by molar-refractivity contribution is 5.82. The van der Waals surface area contributed by atoms with E-state index in [-0.39, 0.29) is 24.2 Å². The number of aryl methyl sites for hydroxylation is 2. The summed E-state index contributed by atoms with van der Waals surface area (Å²) >= 11 is 0. The zero-order chi connectivity index (χ0) is 29.2. The molecule has 2 aromatic carbocycles. The van der Waals surface area contributed by atoms with Gasteiger partial charge in [-0.2, -0.15) is 13.2 Å². The number of aliphatic hydroxyl groups is 1. The van der Waals surface area contributed by atoms with E-state index in [0.29, 0.717) is 29.5 Å². The highest BCUT2D eigenvalue weighted by atomic mass is 19.4. The minimum Gasteiger partial charge on any atom is -0.466 e. The minimum absolute atomic E-state index is 0.00614. The van der Waals surface area contributed by atoms with Gasteiger partial charge in [0.2, 0.25) is 5.91 Å². The second kappa shape index (κ2) is 14.6. The van der Waals surface area contributed by atoms with Gasteiger partial charge in [0.05, 0.1) is 24.6 Å². The van der Waals surface area contributed by atoms with E-state index in [1.165, 1.54) is 24.3 Å². The van der Waals surface area contributed by atoms with Crippen LogP contribution in [0, 0.1) is 12.7 Å². The molecular weight excluding hydrogens is 514 g/mol. The van der Waals surface area contributed by atoms with Gasteiger partial charge in [-0.1, -0.05) is 12.2 Å². The van der Waals surface area contributed by atoms with Crippen LogP contribution in [-0.2, 0) is 26.9 Å². The van der Waals surface area contributed by atoms with E-state index in [0.717, 1.165) is 25.0 Å². The van der Waals surface area contributed by atoms with Gasteiger partial charge in [-0.05, 0) is 97.7 Å². The Hall–Kier alpha value is -3.46. The number of ether oxygens (including phenoxy) is 1. The van der Waals surface area contributed by atoms with Crippen LogP contribution < -0.4 is 5.32 Å². The number of benzene rings is 2. The average Bonchev–Trinajstić information content (AvgIpc) is 2.85. The van der Waals surface area contributed by atoms with Crippen molar-refractivity contribution < 1.29 is 37.0 Å². The lowest BCUT2D eigenvalue weighted by atomic mass is 9.88. The summed E-state index contributed by atoms with van der Waals surface area (Å²) in [6.07, 6.45) is -1.06. The first kappa shape index (κ1) is 31.8. The van der Waals surface area contributed by atoms with Crippen LogP contribution in [-0.4, -0.2) is 29.7 Å². The number of carbonyl (C=O) groups is 2. The van der Waals surface area contributed by atoms with Crippen molar-refractivity contribution in [3.05, 3.63) is 83.7 Å². The number of hydrogen-bond donors (Lipinski definition) is 2. The molecule has 0 aliphatic rings. The lowest BCUT2D eigenvalue weighted by molar-refractivity contribution is -0.144. The summed E-state index contributed by atoms with van der Waals surface area (Å²) in [4.78, 5) is 24.9. The van der Waals surface area contributed by atoms with Crippen molar-refractivity contribution in [2.24, 2.45) is 0 Å². The number of aliphatic hydroxyl groups excluding tert-OH is 1. The lowest BCUT2D eigenvalue weighted by Crippen LogP contribution is -2.38. The number of hydrogen-bond acceptors (Lipinski definition) is 4. The second-order valence-electron chi connectivity index (χ2n) is 9.24. The Labute approximate surface area is 226 Å². The highest BCUT2D eigenvalue weighted by Crippen LogP contribution is 2.38. The van der Waals surface area contributed by atoms with E-state index < -0.39 is 48.0 Å². The molecule has 0 aromatic heterocycles. The quantitative estimate of drug-likeness (QED) is 0.118. The van der Waals surface area contributed by atoms with Crippen LogP contribution in [0.3, 0.4) is 0 Å². The summed E-state index contributed by atoms with van der Waals surface area (Å²) in [5, 5.41) is 12.5. The molecule has 39 heavy (non-hydrogen) atoms. The van der Waals surface area contributed by atoms with E-state index in [1.54, 1.807) is 19.9 Å². The maximum absolute atomic E-state index is 14.3. The number of allylic oxidation sites excluding steroid dienone is 1. The molecule has 2 atom stereocenters. The van der Waals surface area contributed by atoms with E-state index in [2.05, 4.69) is 18.5 Å². The van der Waals surface area contributed by atoms with Crippen molar-refractivity contribution in [2.75, 3.05) is 6.61 Å². The van der Waals surface area contributed by atoms with Crippen molar-refractivity contribution in [2.45, 2.75) is 70.7 Å². The van der Waals surface area contributed by atoms with Crippen LogP contribution in [0.15, 0.2) is 55.6 Å². The number of alkyl halides is 3. The molecule has 0 spiro atoms. The van der Waals surface area contributed by atoms with E-state index >= 15 is 0 Å². The minimum atomic E-state index is -4.75. The first-order chi connectivity index (χ1) is 18.4. The van der Waals surface area contributed by atoms with E-state index in [9.17, 15) is 32.3 Å². The molecule has 0 radical (unpaired) electrons. The Kier molecular flexibility index (Phi) is 11.9. The normalized spacial score (nSPS) is 12.9. The van der Waals surface area contributed by atoms with Gasteiger partial charge in [0.25, 0.3) is 0 Å². The number of carbonyl (C=O) groups excluding carboxylic acids is 2. The number of unbranched alkanes of at least 4 members (excludes halogenated alkanes) is 2. The molecule has 0 unspecified atom stereocenters. The Morgan fingerprint density at radius 2 is 1.82 bits per heavy atom. The molecule has 2 N–H and O–H groups in total. The molecule has 212 valence electrons. The van der Waals surface area contributed by atoms with Crippen LogP contribution >= 0.6 is 0 Å². The fourth-order valence-electron chi connectivity index (χ4n) is 4.36. The number of esters is 1. The number of nitrogens with one attached hydrogen (secondary N) is 1. The summed E-state index contributed by atoms with van der Waals surface area (Å²) in [7, 11) is 0. The smallest absolute Gasteiger partial charge is 0.416 e. The first-order valence-electron chi connectivity index (χ1n) is 12.8. The number of rotatable bonds is 14. The van der Waals surface area contributed by atoms with Crippen LogP contribution in [0.2, 0.25) is 0 Å². The summed E-state index contributed by atoms with van der Waals surface area (Å²) < 4.78 is 61.5. The number of amides is 1. The zero-order valence-electron chi connectivity index (χ0n) is 22.2. The third kappa shape index (κ3) is 9.35. The molecule has 0 aliphatic heterocycles. The molecule has 0 fully saturated rings. The summed E-state index contributed by atoms with van der Waals surface area (Å²) in [6, 6.07) is 4.63. The van der Waals surface area contributed by atoms with Gasteiger partial charge >= 0.3 is 12.1 Å². The van der Waals surface area contributed by atoms with Gasteiger partial charge < -0.3 is 15.2 Å². The predicted molar refractivity (Wildman–Crippen MR) is 142 cm³/mol. The average molecular weight is 550 g/mol. The summed E-state index contributed by atoms with van der Waals surface area (Å²) in [6.45, 7) is 10.4. The largest absolute Gasteiger partial charge is 0.466 e. The second-order valence-corrected chi connectivity index (χ2v) is 9.24. The Morgan fingerprint density at radius 3 is 2.44 bits per heavy atom. The van der Waals surface area contributed by atoms with Gasteiger partial charge in [0, 0.05) is 6.42 Å². The van der Waals surface area contributed by atoms with E-state index in [4.69, 9.17) is 4.74 Å². The third-order valence-corrected chi connectivity index (χ3v) is 6.15. The summed E-state index contributed by atoms with van der Waals surface area (Å²) in [5.74, 6) is -2.10. The first-order valence-corrected chi connectivity index (χ1v) is 12.8. The van der Waals surface area contributed by atoms with Gasteiger partial charge in [0.1, 0.15) is 11.9 Å². The van der Waals surface area contributed by atoms with Crippen molar-refractivity contribution in [3.8, 4) is 11.1 Å². The van der Waals surface area contributed by atoms with Gasteiger partial charge in [0.15, 0.2) is 0 Å². The maximum Gasteiger partial charge on any atom is 0.416 e.